The van der Waals surface area contributed by atoms with Crippen molar-refractivity contribution in [1.82, 2.24) is 0 Å². The molecule has 0 heterocycles. The molecule has 0 aromatic rings. The van der Waals surface area contributed by atoms with Crippen LogP contribution in [-0.2, 0) is 32.7 Å². The number of esters is 2. The molecule has 0 aliphatic rings. The van der Waals surface area contributed by atoms with Gasteiger partial charge in [-0.25, -0.2) is 4.57 Å². The average molecular weight is 991 g/mol. The predicted octanol–water partition coefficient (Wildman–Crippen LogP) is 16.4. The van der Waals surface area contributed by atoms with E-state index in [1.54, 1.807) is 0 Å². The molecule has 0 rings (SSSR count). The van der Waals surface area contributed by atoms with E-state index >= 15 is 0 Å². The highest BCUT2D eigenvalue weighted by atomic mass is 31.2. The maximum absolute atomic E-state index is 12.8. The van der Waals surface area contributed by atoms with E-state index in [0.29, 0.717) is 23.9 Å². The first-order valence-corrected chi connectivity index (χ1v) is 28.1. The van der Waals surface area contributed by atoms with Crippen LogP contribution >= 0.6 is 7.82 Å². The van der Waals surface area contributed by atoms with Gasteiger partial charge < -0.3 is 18.9 Å². The van der Waals surface area contributed by atoms with Gasteiger partial charge in [0.1, 0.15) is 19.8 Å². The number of quaternary nitrogens is 1. The normalized spacial score (nSPS) is 14.5. The lowest BCUT2D eigenvalue weighted by molar-refractivity contribution is -0.870. The van der Waals surface area contributed by atoms with E-state index < -0.39 is 32.5 Å². The first-order valence-electron chi connectivity index (χ1n) is 26.6. The Morgan fingerprint density at radius 2 is 0.800 bits per heavy atom. The molecule has 0 fully saturated rings. The second-order valence-electron chi connectivity index (χ2n) is 18.1. The minimum atomic E-state index is -4.41. The Kier molecular flexibility index (Phi) is 46.9. The van der Waals surface area contributed by atoms with E-state index in [9.17, 15) is 19.0 Å². The topological polar surface area (TPSA) is 108 Å². The van der Waals surface area contributed by atoms with Gasteiger partial charge in [-0.05, 0) is 103 Å². The molecule has 2 unspecified atom stereocenters. The van der Waals surface area contributed by atoms with E-state index in [2.05, 4.69) is 148 Å². The van der Waals surface area contributed by atoms with Crippen molar-refractivity contribution in [3.63, 3.8) is 0 Å². The second-order valence-corrected chi connectivity index (χ2v) is 19.6. The molecule has 70 heavy (non-hydrogen) atoms. The van der Waals surface area contributed by atoms with Crippen LogP contribution in [0.1, 0.15) is 168 Å². The number of unbranched alkanes of at least 4 members (excludes halogenated alkanes) is 8. The fourth-order valence-electron chi connectivity index (χ4n) is 6.34. The van der Waals surface area contributed by atoms with Gasteiger partial charge in [0.2, 0.25) is 0 Å². The number of phosphoric acid groups is 1. The van der Waals surface area contributed by atoms with Crippen LogP contribution in [0.5, 0.6) is 0 Å². The summed E-state index contributed by atoms with van der Waals surface area (Å²) in [6.45, 7) is 4.07. The van der Waals surface area contributed by atoms with Crippen molar-refractivity contribution in [1.29, 1.82) is 0 Å². The highest BCUT2D eigenvalue weighted by Crippen LogP contribution is 2.43. The summed E-state index contributed by atoms with van der Waals surface area (Å²) >= 11 is 0. The lowest BCUT2D eigenvalue weighted by atomic mass is 10.1. The molecule has 0 saturated carbocycles. The molecule has 0 spiro atoms. The average Bonchev–Trinajstić information content (AvgIpc) is 3.32. The molecule has 0 aromatic carbocycles. The van der Waals surface area contributed by atoms with Gasteiger partial charge in [-0.2, -0.15) is 0 Å². The van der Waals surface area contributed by atoms with Crippen molar-refractivity contribution < 1.29 is 42.1 Å². The van der Waals surface area contributed by atoms with Crippen LogP contribution in [0.3, 0.4) is 0 Å². The smallest absolute Gasteiger partial charge is 0.462 e. The summed E-state index contributed by atoms with van der Waals surface area (Å²) in [5.74, 6) is -0.917. The van der Waals surface area contributed by atoms with Crippen molar-refractivity contribution >= 4 is 19.8 Å². The van der Waals surface area contributed by atoms with Gasteiger partial charge in [-0.3, -0.25) is 18.6 Å². The van der Waals surface area contributed by atoms with Crippen LogP contribution in [0.2, 0.25) is 0 Å². The number of allylic oxidation sites excluding steroid dienone is 24. The third kappa shape index (κ3) is 53.2. The first kappa shape index (κ1) is 65.9. The highest BCUT2D eigenvalue weighted by molar-refractivity contribution is 7.47. The van der Waals surface area contributed by atoms with Crippen molar-refractivity contribution in [3.8, 4) is 0 Å². The number of carbonyl (C=O) groups is 2. The molecule has 2 atom stereocenters. The fraction of sp³-hybridized carbons (Fsp3) is 0.567. The van der Waals surface area contributed by atoms with Crippen LogP contribution in [0.15, 0.2) is 146 Å². The molecule has 0 aromatic heterocycles. The number of likely N-dealkylation sites (N-methyl/N-ethyl adjacent to an activating group) is 1. The zero-order chi connectivity index (χ0) is 51.3. The van der Waals surface area contributed by atoms with Crippen molar-refractivity contribution in [2.75, 3.05) is 47.5 Å². The molecule has 0 saturated heterocycles. The summed E-state index contributed by atoms with van der Waals surface area (Å²) < 4.78 is 34.3. The van der Waals surface area contributed by atoms with Gasteiger partial charge in [0.25, 0.3) is 0 Å². The molecule has 0 aliphatic carbocycles. The molecule has 0 amide bonds. The van der Waals surface area contributed by atoms with Crippen molar-refractivity contribution in [3.05, 3.63) is 146 Å². The van der Waals surface area contributed by atoms with Crippen LogP contribution in [0.25, 0.3) is 0 Å². The van der Waals surface area contributed by atoms with Gasteiger partial charge in [-0.1, -0.05) is 198 Å². The monoisotopic (exact) mass is 991 g/mol. The van der Waals surface area contributed by atoms with Gasteiger partial charge in [0.15, 0.2) is 6.10 Å². The van der Waals surface area contributed by atoms with Crippen LogP contribution < -0.4 is 0 Å². The third-order valence-corrected chi connectivity index (χ3v) is 11.4. The van der Waals surface area contributed by atoms with E-state index in [-0.39, 0.29) is 26.1 Å². The van der Waals surface area contributed by atoms with E-state index in [1.807, 2.05) is 33.3 Å². The van der Waals surface area contributed by atoms with Gasteiger partial charge in [-0.15, -0.1) is 0 Å². The van der Waals surface area contributed by atoms with Gasteiger partial charge in [0.05, 0.1) is 27.7 Å². The molecule has 9 nitrogen and oxygen atoms in total. The Morgan fingerprint density at radius 1 is 0.443 bits per heavy atom. The molecule has 0 radical (unpaired) electrons. The fourth-order valence-corrected chi connectivity index (χ4v) is 7.08. The van der Waals surface area contributed by atoms with Crippen LogP contribution in [-0.4, -0.2) is 74.9 Å². The van der Waals surface area contributed by atoms with Crippen LogP contribution in [0, 0.1) is 0 Å². The zero-order valence-electron chi connectivity index (χ0n) is 44.4. The Hall–Kier alpha value is -4.11. The number of ether oxygens (including phenoxy) is 2. The first-order chi connectivity index (χ1) is 34.0. The van der Waals surface area contributed by atoms with Crippen molar-refractivity contribution in [2.24, 2.45) is 0 Å². The summed E-state index contributed by atoms with van der Waals surface area (Å²) in [7, 11) is 1.41. The second kappa shape index (κ2) is 49.9. The van der Waals surface area contributed by atoms with Gasteiger partial charge in [0, 0.05) is 12.8 Å². The summed E-state index contributed by atoms with van der Waals surface area (Å²) in [6.07, 6.45) is 73.6. The number of carbonyl (C=O) groups excluding carboxylic acids is 2. The van der Waals surface area contributed by atoms with E-state index in [4.69, 9.17) is 18.5 Å². The number of rotatable bonds is 46. The summed E-state index contributed by atoms with van der Waals surface area (Å²) in [5, 5.41) is 0. The van der Waals surface area contributed by atoms with Gasteiger partial charge >= 0.3 is 19.8 Å². The molecule has 10 heteroatoms. The minimum absolute atomic E-state index is 0.0110. The molecule has 0 bridgehead atoms. The zero-order valence-corrected chi connectivity index (χ0v) is 45.3. The molecule has 1 N–H and O–H groups in total. The van der Waals surface area contributed by atoms with E-state index in [0.717, 1.165) is 103 Å². The Morgan fingerprint density at radius 3 is 1.20 bits per heavy atom. The Labute approximate surface area is 427 Å². The molecule has 394 valence electrons. The predicted molar refractivity (Wildman–Crippen MR) is 297 cm³/mol. The third-order valence-electron chi connectivity index (χ3n) is 10.4. The maximum Gasteiger partial charge on any atom is 0.472 e. The van der Waals surface area contributed by atoms with E-state index in [1.165, 1.54) is 25.7 Å². The maximum atomic E-state index is 12.8. The standard InChI is InChI=1S/C60H96NO8P/c1-6-8-10-12-14-16-18-20-21-22-23-24-25-26-27-28-29-30-31-32-33-34-35-36-37-38-39-41-43-45-47-49-51-53-60(63)69-58(57-68-70(64,65)67-55-54-61(3,4)5)56-66-59(62)52-50-48-46-44-42-40-19-17-15-13-11-9-7-2/h8-11,14-17,20-21,23-24,26-27,29-30,32-33,35-36,40,42,46,48,58H,6-7,12-13,18-19,22,25,28,31,34,37-39,41,43-45,47,49-57H2,1-5H3/p+1/b10-8-,11-9-,16-14-,17-15-,21-20-,24-23-,27-26-,30-29-,33-32-,36-35-,42-40-,48-46-. The summed E-state index contributed by atoms with van der Waals surface area (Å²) in [6, 6.07) is 0. The van der Waals surface area contributed by atoms with Crippen LogP contribution in [0.4, 0.5) is 0 Å². The molecule has 0 aliphatic heterocycles. The summed E-state index contributed by atoms with van der Waals surface area (Å²) in [4.78, 5) is 35.5. The SMILES string of the molecule is CC/C=C\C/C=C\C/C=C\C/C=C\C/C=C\C/C=C\C/C=C\C/C=C\CCCCCCCCCCC(=O)OC(COC(=O)CC/C=C\C/C=C\C/C=C\C/C=C\CC)COP(=O)(O)OCC[N+](C)(C)C. The Balaban J connectivity index is 4.25. The quantitative estimate of drug-likeness (QED) is 0.0211. The lowest BCUT2D eigenvalue weighted by Gasteiger charge is -2.24. The van der Waals surface area contributed by atoms with Crippen molar-refractivity contribution in [2.45, 2.75) is 174 Å². The summed E-state index contributed by atoms with van der Waals surface area (Å²) in [5.41, 5.74) is 0. The number of nitrogens with zero attached hydrogens (tertiary/aromatic N) is 1. The lowest BCUT2D eigenvalue weighted by Crippen LogP contribution is -2.37. The number of phosphoric ester groups is 1. The Bertz CT molecular complexity index is 1690. The largest absolute Gasteiger partial charge is 0.472 e. The number of hydrogen-bond acceptors (Lipinski definition) is 7. The minimum Gasteiger partial charge on any atom is -0.462 e. The molecular weight excluding hydrogens is 894 g/mol. The molecular formula is C60H97NO8P+. The highest BCUT2D eigenvalue weighted by Gasteiger charge is 2.27. The number of hydrogen-bond donors (Lipinski definition) is 1.